The zero-order valence-electron chi connectivity index (χ0n) is 12.2. The topological polar surface area (TPSA) is 41.6 Å². The van der Waals surface area contributed by atoms with Gasteiger partial charge in [0.15, 0.2) is 0 Å². The average Bonchev–Trinajstić information content (AvgIpc) is 2.82. The van der Waals surface area contributed by atoms with Crippen LogP contribution < -0.4 is 5.32 Å². The van der Waals surface area contributed by atoms with Crippen molar-refractivity contribution in [3.8, 4) is 0 Å². The SMILES string of the molecule is C[C@H](OCC(F)(F)F)C(=O)NCC1(N(C)C)CCCC1. The summed E-state index contributed by atoms with van der Waals surface area (Å²) in [6.07, 6.45) is -1.33. The summed E-state index contributed by atoms with van der Waals surface area (Å²) in [5.74, 6) is -0.498. The van der Waals surface area contributed by atoms with Crippen molar-refractivity contribution in [3.05, 3.63) is 0 Å². The van der Waals surface area contributed by atoms with Crippen LogP contribution in [0.4, 0.5) is 13.2 Å². The van der Waals surface area contributed by atoms with E-state index >= 15 is 0 Å². The molecule has 20 heavy (non-hydrogen) atoms. The molecule has 0 saturated heterocycles. The minimum Gasteiger partial charge on any atom is -0.359 e. The minimum absolute atomic E-state index is 0.0839. The van der Waals surface area contributed by atoms with Crippen molar-refractivity contribution in [1.29, 1.82) is 0 Å². The summed E-state index contributed by atoms with van der Waals surface area (Å²) < 4.78 is 40.6. The van der Waals surface area contributed by atoms with Crippen molar-refractivity contribution < 1.29 is 22.7 Å². The molecule has 1 fully saturated rings. The third-order valence-electron chi connectivity index (χ3n) is 3.94. The zero-order valence-corrected chi connectivity index (χ0v) is 12.2. The second-order valence-corrected chi connectivity index (χ2v) is 5.61. The predicted octanol–water partition coefficient (Wildman–Crippen LogP) is 1.94. The Hall–Kier alpha value is -0.820. The number of hydrogen-bond donors (Lipinski definition) is 1. The van der Waals surface area contributed by atoms with E-state index in [1.807, 2.05) is 14.1 Å². The van der Waals surface area contributed by atoms with Crippen molar-refractivity contribution in [2.45, 2.75) is 50.4 Å². The van der Waals surface area contributed by atoms with Gasteiger partial charge in [-0.25, -0.2) is 0 Å². The molecule has 0 heterocycles. The molecule has 0 spiro atoms. The average molecular weight is 296 g/mol. The van der Waals surface area contributed by atoms with Crippen molar-refractivity contribution in [1.82, 2.24) is 10.2 Å². The van der Waals surface area contributed by atoms with Gasteiger partial charge in [-0.15, -0.1) is 0 Å². The number of ether oxygens (including phenoxy) is 1. The minimum atomic E-state index is -4.41. The normalized spacial score (nSPS) is 20.1. The Morgan fingerprint density at radius 3 is 2.35 bits per heavy atom. The van der Waals surface area contributed by atoms with Gasteiger partial charge in [0.05, 0.1) is 0 Å². The molecular weight excluding hydrogens is 273 g/mol. The molecule has 0 aliphatic heterocycles. The molecule has 118 valence electrons. The Labute approximate surface area is 117 Å². The molecule has 1 aliphatic rings. The number of halogens is 3. The second-order valence-electron chi connectivity index (χ2n) is 5.61. The summed E-state index contributed by atoms with van der Waals surface area (Å²) in [6.45, 7) is 0.372. The molecule has 0 aromatic rings. The molecule has 1 amide bonds. The molecule has 1 N–H and O–H groups in total. The van der Waals surface area contributed by atoms with E-state index in [1.54, 1.807) is 0 Å². The van der Waals surface area contributed by atoms with Crippen LogP contribution in [0.5, 0.6) is 0 Å². The van der Waals surface area contributed by atoms with Gasteiger partial charge in [-0.05, 0) is 33.9 Å². The molecule has 1 aliphatic carbocycles. The maximum absolute atomic E-state index is 12.0. The van der Waals surface area contributed by atoms with Crippen LogP contribution in [0, 0.1) is 0 Å². The van der Waals surface area contributed by atoms with Crippen LogP contribution in [-0.4, -0.2) is 55.9 Å². The van der Waals surface area contributed by atoms with Gasteiger partial charge in [0.25, 0.3) is 0 Å². The number of nitrogens with one attached hydrogen (secondary N) is 1. The number of nitrogens with zero attached hydrogens (tertiary/aromatic N) is 1. The van der Waals surface area contributed by atoms with Crippen molar-refractivity contribution >= 4 is 5.91 Å². The highest BCUT2D eigenvalue weighted by Gasteiger charge is 2.36. The summed E-state index contributed by atoms with van der Waals surface area (Å²) >= 11 is 0. The zero-order chi connectivity index (χ0) is 15.4. The van der Waals surface area contributed by atoms with Crippen LogP contribution in [0.3, 0.4) is 0 Å². The lowest BCUT2D eigenvalue weighted by molar-refractivity contribution is -0.185. The molecule has 4 nitrogen and oxygen atoms in total. The van der Waals surface area contributed by atoms with E-state index < -0.39 is 24.8 Å². The van der Waals surface area contributed by atoms with E-state index in [0.717, 1.165) is 25.7 Å². The van der Waals surface area contributed by atoms with Gasteiger partial charge in [0.2, 0.25) is 5.91 Å². The highest BCUT2D eigenvalue weighted by atomic mass is 19.4. The molecule has 0 aromatic carbocycles. The number of alkyl halides is 3. The first-order valence-corrected chi connectivity index (χ1v) is 6.80. The summed E-state index contributed by atoms with van der Waals surface area (Å²) in [6, 6.07) is 0. The largest absolute Gasteiger partial charge is 0.411 e. The first-order chi connectivity index (χ1) is 9.16. The number of carbonyl (C=O) groups is 1. The molecular formula is C13H23F3N2O2. The lowest BCUT2D eigenvalue weighted by atomic mass is 9.96. The Morgan fingerprint density at radius 2 is 1.90 bits per heavy atom. The smallest absolute Gasteiger partial charge is 0.359 e. The number of amides is 1. The Morgan fingerprint density at radius 1 is 1.35 bits per heavy atom. The van der Waals surface area contributed by atoms with Crippen molar-refractivity contribution in [3.63, 3.8) is 0 Å². The highest BCUT2D eigenvalue weighted by Crippen LogP contribution is 2.33. The Balaban J connectivity index is 2.42. The fourth-order valence-corrected chi connectivity index (χ4v) is 2.51. The van der Waals surface area contributed by atoms with Crippen molar-refractivity contribution in [2.24, 2.45) is 0 Å². The van der Waals surface area contributed by atoms with E-state index in [2.05, 4.69) is 15.0 Å². The van der Waals surface area contributed by atoms with Gasteiger partial charge >= 0.3 is 6.18 Å². The molecule has 1 saturated carbocycles. The van der Waals surface area contributed by atoms with Crippen molar-refractivity contribution in [2.75, 3.05) is 27.2 Å². The summed E-state index contributed by atoms with van der Waals surface area (Å²) in [5.41, 5.74) is -0.0839. The summed E-state index contributed by atoms with van der Waals surface area (Å²) in [7, 11) is 3.92. The molecule has 1 atom stereocenters. The van der Waals surface area contributed by atoms with E-state index in [0.29, 0.717) is 6.54 Å². The third-order valence-corrected chi connectivity index (χ3v) is 3.94. The number of rotatable bonds is 6. The maximum Gasteiger partial charge on any atom is 0.411 e. The van der Waals surface area contributed by atoms with E-state index in [1.165, 1.54) is 6.92 Å². The third kappa shape index (κ3) is 4.94. The van der Waals surface area contributed by atoms with Gasteiger partial charge in [-0.1, -0.05) is 12.8 Å². The van der Waals surface area contributed by atoms with Gasteiger partial charge in [-0.3, -0.25) is 4.79 Å². The summed E-state index contributed by atoms with van der Waals surface area (Å²) in [4.78, 5) is 13.8. The number of hydrogen-bond acceptors (Lipinski definition) is 3. The van der Waals surface area contributed by atoms with Gasteiger partial charge in [-0.2, -0.15) is 13.2 Å². The van der Waals surface area contributed by atoms with Gasteiger partial charge in [0, 0.05) is 12.1 Å². The van der Waals surface area contributed by atoms with Crippen LogP contribution in [-0.2, 0) is 9.53 Å². The first kappa shape index (κ1) is 17.2. The number of carbonyl (C=O) groups excluding carboxylic acids is 1. The van der Waals surface area contributed by atoms with Crippen LogP contribution >= 0.6 is 0 Å². The number of likely N-dealkylation sites (N-methyl/N-ethyl adjacent to an activating group) is 1. The monoisotopic (exact) mass is 296 g/mol. The van der Waals surface area contributed by atoms with Crippen LogP contribution in [0.1, 0.15) is 32.6 Å². The van der Waals surface area contributed by atoms with E-state index in [-0.39, 0.29) is 5.54 Å². The molecule has 7 heteroatoms. The van der Waals surface area contributed by atoms with Crippen LogP contribution in [0.2, 0.25) is 0 Å². The fourth-order valence-electron chi connectivity index (χ4n) is 2.51. The Kier molecular flexibility index (Phi) is 5.82. The van der Waals surface area contributed by atoms with Gasteiger partial charge < -0.3 is 15.0 Å². The molecule has 0 bridgehead atoms. The van der Waals surface area contributed by atoms with E-state index in [4.69, 9.17) is 0 Å². The molecule has 0 unspecified atom stereocenters. The standard InChI is InChI=1S/C13H23F3N2O2/c1-10(20-9-13(14,15)16)11(19)17-8-12(18(2)3)6-4-5-7-12/h10H,4-9H2,1-3H3,(H,17,19)/t10-/m0/s1. The predicted molar refractivity (Wildman–Crippen MR) is 69.4 cm³/mol. The first-order valence-electron chi connectivity index (χ1n) is 6.80. The summed E-state index contributed by atoms with van der Waals surface area (Å²) in [5, 5.41) is 2.71. The second kappa shape index (κ2) is 6.76. The molecule has 1 rings (SSSR count). The lowest BCUT2D eigenvalue weighted by Crippen LogP contribution is -2.52. The highest BCUT2D eigenvalue weighted by molar-refractivity contribution is 5.80. The molecule has 0 aromatic heterocycles. The van der Waals surface area contributed by atoms with Crippen LogP contribution in [0.15, 0.2) is 0 Å². The molecule has 0 radical (unpaired) electrons. The fraction of sp³-hybridized carbons (Fsp3) is 0.923. The van der Waals surface area contributed by atoms with Crippen LogP contribution in [0.25, 0.3) is 0 Å². The quantitative estimate of drug-likeness (QED) is 0.814. The Bertz CT molecular complexity index is 326. The lowest BCUT2D eigenvalue weighted by Gasteiger charge is -2.36. The van der Waals surface area contributed by atoms with Gasteiger partial charge in [0.1, 0.15) is 12.7 Å². The van der Waals surface area contributed by atoms with E-state index in [9.17, 15) is 18.0 Å². The maximum atomic E-state index is 12.0.